The molecule has 2 N–H and O–H groups in total. The second kappa shape index (κ2) is 6.01. The normalized spacial score (nSPS) is 10.5. The molecule has 3 aromatic rings. The van der Waals surface area contributed by atoms with Gasteiger partial charge in [0.15, 0.2) is 0 Å². The van der Waals surface area contributed by atoms with Crippen LogP contribution in [0.4, 0.5) is 0 Å². The van der Waals surface area contributed by atoms with E-state index in [1.807, 2.05) is 0 Å². The van der Waals surface area contributed by atoms with Crippen LogP contribution in [-0.2, 0) is 0 Å². The molecule has 110 valence electrons. The van der Waals surface area contributed by atoms with Crippen LogP contribution in [-0.4, -0.2) is 16.1 Å². The van der Waals surface area contributed by atoms with Gasteiger partial charge in [-0.2, -0.15) is 0 Å². The summed E-state index contributed by atoms with van der Waals surface area (Å²) in [5.74, 6) is 0.637. The maximum atomic E-state index is 11.4. The summed E-state index contributed by atoms with van der Waals surface area (Å²) in [6.07, 6.45) is 1.39. The number of hydrogen-bond donors (Lipinski definition) is 2. The van der Waals surface area contributed by atoms with Gasteiger partial charge in [-0.3, -0.25) is 15.0 Å². The number of halogens is 1. The summed E-state index contributed by atoms with van der Waals surface area (Å²) in [5.41, 5.74) is 2.53. The molecule has 0 spiro atoms. The number of benzene rings is 2. The molecule has 2 aromatic carbocycles. The SMILES string of the molecule is O=C(NO)c1cnc2cc(Oc3cccc(Cl)c3)ccc2c1. The molecule has 1 aromatic heterocycles. The quantitative estimate of drug-likeness (QED) is 0.570. The molecule has 0 saturated carbocycles. The molecule has 6 heteroatoms. The molecule has 5 nitrogen and oxygen atoms in total. The molecule has 0 aliphatic carbocycles. The van der Waals surface area contributed by atoms with Gasteiger partial charge in [0.25, 0.3) is 5.91 Å². The number of hydroxylamine groups is 1. The van der Waals surface area contributed by atoms with E-state index >= 15 is 0 Å². The van der Waals surface area contributed by atoms with Gasteiger partial charge in [-0.15, -0.1) is 0 Å². The van der Waals surface area contributed by atoms with E-state index in [1.54, 1.807) is 54.0 Å². The smallest absolute Gasteiger partial charge is 0.276 e. The van der Waals surface area contributed by atoms with Gasteiger partial charge in [0.05, 0.1) is 11.1 Å². The van der Waals surface area contributed by atoms with Crippen LogP contribution in [0.5, 0.6) is 11.5 Å². The lowest BCUT2D eigenvalue weighted by Crippen LogP contribution is -2.18. The Morgan fingerprint density at radius 1 is 1.14 bits per heavy atom. The molecule has 0 atom stereocenters. The number of amides is 1. The van der Waals surface area contributed by atoms with E-state index < -0.39 is 5.91 Å². The van der Waals surface area contributed by atoms with Crippen LogP contribution < -0.4 is 10.2 Å². The first-order valence-electron chi connectivity index (χ1n) is 6.43. The summed E-state index contributed by atoms with van der Waals surface area (Å²) in [4.78, 5) is 15.6. The van der Waals surface area contributed by atoms with Gasteiger partial charge in [-0.25, -0.2) is 5.48 Å². The van der Waals surface area contributed by atoms with Crippen LogP contribution in [0.3, 0.4) is 0 Å². The lowest BCUT2D eigenvalue weighted by Gasteiger charge is -2.07. The van der Waals surface area contributed by atoms with Gasteiger partial charge < -0.3 is 4.74 Å². The molecular weight excluding hydrogens is 304 g/mol. The first-order chi connectivity index (χ1) is 10.7. The minimum atomic E-state index is -0.603. The van der Waals surface area contributed by atoms with Crippen molar-refractivity contribution in [2.45, 2.75) is 0 Å². The third-order valence-electron chi connectivity index (χ3n) is 3.05. The highest BCUT2D eigenvalue weighted by Crippen LogP contribution is 2.26. The highest BCUT2D eigenvalue weighted by molar-refractivity contribution is 6.30. The minimum absolute atomic E-state index is 0.276. The molecule has 22 heavy (non-hydrogen) atoms. The average Bonchev–Trinajstić information content (AvgIpc) is 2.53. The van der Waals surface area contributed by atoms with Crippen molar-refractivity contribution in [3.05, 3.63) is 65.3 Å². The molecule has 1 heterocycles. The van der Waals surface area contributed by atoms with Crippen molar-refractivity contribution in [2.24, 2.45) is 0 Å². The summed E-state index contributed by atoms with van der Waals surface area (Å²) in [6.45, 7) is 0. The standard InChI is InChI=1S/C16H11ClN2O3/c17-12-2-1-3-13(7-12)22-14-5-4-10-6-11(16(20)19-21)9-18-15(10)8-14/h1-9,21H,(H,19,20). The molecule has 0 bridgehead atoms. The fourth-order valence-electron chi connectivity index (χ4n) is 2.02. The third-order valence-corrected chi connectivity index (χ3v) is 3.29. The van der Waals surface area contributed by atoms with E-state index in [9.17, 15) is 4.79 Å². The van der Waals surface area contributed by atoms with E-state index in [0.29, 0.717) is 22.0 Å². The summed E-state index contributed by atoms with van der Waals surface area (Å²) in [5, 5.41) is 9.99. The monoisotopic (exact) mass is 314 g/mol. The van der Waals surface area contributed by atoms with Crippen molar-refractivity contribution in [1.29, 1.82) is 0 Å². The second-order valence-corrected chi connectivity index (χ2v) is 5.02. The Morgan fingerprint density at radius 2 is 1.95 bits per heavy atom. The predicted octanol–water partition coefficient (Wildman–Crippen LogP) is 3.80. The molecule has 3 rings (SSSR count). The van der Waals surface area contributed by atoms with Crippen molar-refractivity contribution >= 4 is 28.4 Å². The number of rotatable bonds is 3. The van der Waals surface area contributed by atoms with Crippen molar-refractivity contribution in [3.63, 3.8) is 0 Å². The summed E-state index contributed by atoms with van der Waals surface area (Å²) in [7, 11) is 0. The van der Waals surface area contributed by atoms with E-state index in [1.165, 1.54) is 6.20 Å². The molecule has 0 fully saturated rings. The number of hydrogen-bond acceptors (Lipinski definition) is 4. The Hall–Kier alpha value is -2.63. The van der Waals surface area contributed by atoms with Crippen molar-refractivity contribution in [3.8, 4) is 11.5 Å². The van der Waals surface area contributed by atoms with Gasteiger partial charge in [0, 0.05) is 22.7 Å². The first-order valence-corrected chi connectivity index (χ1v) is 6.81. The maximum absolute atomic E-state index is 11.4. The number of pyridine rings is 1. The van der Waals surface area contributed by atoms with Gasteiger partial charge in [0.1, 0.15) is 11.5 Å². The highest BCUT2D eigenvalue weighted by atomic mass is 35.5. The fraction of sp³-hybridized carbons (Fsp3) is 0. The van der Waals surface area contributed by atoms with E-state index in [0.717, 1.165) is 5.39 Å². The lowest BCUT2D eigenvalue weighted by molar-refractivity contribution is 0.0706. The van der Waals surface area contributed by atoms with Crippen molar-refractivity contribution in [2.75, 3.05) is 0 Å². The Kier molecular flexibility index (Phi) is 3.91. The third kappa shape index (κ3) is 3.00. The van der Waals surface area contributed by atoms with Gasteiger partial charge in [0.2, 0.25) is 0 Å². The van der Waals surface area contributed by atoms with Crippen LogP contribution in [0.1, 0.15) is 10.4 Å². The summed E-state index contributed by atoms with van der Waals surface area (Å²) >= 11 is 5.92. The highest BCUT2D eigenvalue weighted by Gasteiger charge is 2.07. The molecule has 0 aliphatic rings. The number of nitrogens with zero attached hydrogens (tertiary/aromatic N) is 1. The van der Waals surface area contributed by atoms with Crippen LogP contribution in [0.25, 0.3) is 10.9 Å². The topological polar surface area (TPSA) is 71.5 Å². The van der Waals surface area contributed by atoms with Crippen LogP contribution in [0.15, 0.2) is 54.7 Å². The van der Waals surface area contributed by atoms with E-state index in [-0.39, 0.29) is 5.56 Å². The Bertz CT molecular complexity index is 852. The second-order valence-electron chi connectivity index (χ2n) is 4.58. The molecule has 0 radical (unpaired) electrons. The minimum Gasteiger partial charge on any atom is -0.457 e. The molecule has 0 unspecified atom stereocenters. The van der Waals surface area contributed by atoms with Crippen LogP contribution in [0, 0.1) is 0 Å². The molecule has 0 saturated heterocycles. The zero-order valence-electron chi connectivity index (χ0n) is 11.3. The number of fused-ring (bicyclic) bond motifs is 1. The fourth-order valence-corrected chi connectivity index (χ4v) is 2.20. The number of nitrogens with one attached hydrogen (secondary N) is 1. The number of carbonyl (C=O) groups excluding carboxylic acids is 1. The van der Waals surface area contributed by atoms with Gasteiger partial charge >= 0.3 is 0 Å². The Morgan fingerprint density at radius 3 is 2.73 bits per heavy atom. The average molecular weight is 315 g/mol. The predicted molar refractivity (Wildman–Crippen MR) is 82.5 cm³/mol. The lowest BCUT2D eigenvalue weighted by atomic mass is 10.1. The number of carbonyl (C=O) groups is 1. The Balaban J connectivity index is 1.91. The van der Waals surface area contributed by atoms with Gasteiger partial charge in [-0.05, 0) is 36.4 Å². The van der Waals surface area contributed by atoms with E-state index in [4.69, 9.17) is 21.5 Å². The van der Waals surface area contributed by atoms with Crippen LogP contribution in [0.2, 0.25) is 5.02 Å². The largest absolute Gasteiger partial charge is 0.457 e. The molecular formula is C16H11ClN2O3. The van der Waals surface area contributed by atoms with Crippen LogP contribution >= 0.6 is 11.6 Å². The van der Waals surface area contributed by atoms with Gasteiger partial charge in [-0.1, -0.05) is 17.7 Å². The summed E-state index contributed by atoms with van der Waals surface area (Å²) < 4.78 is 5.72. The Labute approximate surface area is 131 Å². The number of ether oxygens (including phenoxy) is 1. The first kappa shape index (κ1) is 14.3. The maximum Gasteiger partial charge on any atom is 0.276 e. The zero-order chi connectivity index (χ0) is 15.5. The van der Waals surface area contributed by atoms with E-state index in [2.05, 4.69) is 4.98 Å². The number of aromatic nitrogens is 1. The van der Waals surface area contributed by atoms with Crippen molar-refractivity contribution in [1.82, 2.24) is 10.5 Å². The zero-order valence-corrected chi connectivity index (χ0v) is 12.0. The summed E-state index contributed by atoms with van der Waals surface area (Å²) in [6, 6.07) is 14.0. The molecule has 1 amide bonds. The van der Waals surface area contributed by atoms with Crippen molar-refractivity contribution < 1.29 is 14.7 Å². The molecule has 0 aliphatic heterocycles.